The number of rotatable bonds is 5. The van der Waals surface area contributed by atoms with E-state index in [1.54, 1.807) is 12.4 Å². The number of imidazole rings is 1. The molecular weight excluding hydrogens is 266 g/mol. The van der Waals surface area contributed by atoms with Gasteiger partial charge in [-0.3, -0.25) is 4.90 Å². The molecule has 0 aliphatic carbocycles. The number of nitrogen functional groups attached to an aromatic ring is 1. The summed E-state index contributed by atoms with van der Waals surface area (Å²) in [5, 5.41) is 0. The number of pyridine rings is 1. The van der Waals surface area contributed by atoms with E-state index >= 15 is 0 Å². The minimum Gasteiger partial charge on any atom is -0.384 e. The highest BCUT2D eigenvalue weighted by atomic mass is 16.5. The zero-order valence-electron chi connectivity index (χ0n) is 12.0. The van der Waals surface area contributed by atoms with Gasteiger partial charge in [-0.1, -0.05) is 0 Å². The Bertz CT molecular complexity index is 557. The lowest BCUT2D eigenvalue weighted by Gasteiger charge is -2.32. The van der Waals surface area contributed by atoms with E-state index in [0.29, 0.717) is 5.82 Å². The van der Waals surface area contributed by atoms with Crippen LogP contribution in [0.3, 0.4) is 0 Å². The molecule has 3 N–H and O–H groups in total. The van der Waals surface area contributed by atoms with E-state index in [4.69, 9.17) is 10.5 Å². The van der Waals surface area contributed by atoms with Gasteiger partial charge in [0.15, 0.2) is 0 Å². The van der Waals surface area contributed by atoms with Crippen LogP contribution in [0.25, 0.3) is 0 Å². The Morgan fingerprint density at radius 2 is 2.33 bits per heavy atom. The second-order valence-electron chi connectivity index (χ2n) is 5.39. The fourth-order valence-corrected chi connectivity index (χ4v) is 2.67. The van der Waals surface area contributed by atoms with Gasteiger partial charge in [0.25, 0.3) is 0 Å². The average Bonchev–Trinajstić information content (AvgIpc) is 2.99. The molecule has 0 aromatic carbocycles. The Labute approximate surface area is 124 Å². The summed E-state index contributed by atoms with van der Waals surface area (Å²) in [5.74, 6) is 1.59. The number of aromatic amines is 1. The van der Waals surface area contributed by atoms with Crippen molar-refractivity contribution in [1.82, 2.24) is 19.9 Å². The van der Waals surface area contributed by atoms with Crippen molar-refractivity contribution in [1.29, 1.82) is 0 Å². The Morgan fingerprint density at radius 1 is 1.38 bits per heavy atom. The Hall–Kier alpha value is -1.92. The molecule has 0 radical (unpaired) electrons. The molecule has 112 valence electrons. The van der Waals surface area contributed by atoms with Gasteiger partial charge in [-0.25, -0.2) is 9.97 Å². The van der Waals surface area contributed by atoms with Crippen molar-refractivity contribution in [3.63, 3.8) is 0 Å². The van der Waals surface area contributed by atoms with Gasteiger partial charge >= 0.3 is 0 Å². The predicted octanol–water partition coefficient (Wildman–Crippen LogP) is 1.22. The summed E-state index contributed by atoms with van der Waals surface area (Å²) in [4.78, 5) is 13.8. The van der Waals surface area contributed by atoms with E-state index in [-0.39, 0.29) is 6.10 Å². The van der Waals surface area contributed by atoms with Crippen LogP contribution < -0.4 is 5.73 Å². The maximum absolute atomic E-state index is 5.86. The smallest absolute Gasteiger partial charge is 0.123 e. The van der Waals surface area contributed by atoms with E-state index in [1.807, 2.05) is 18.3 Å². The van der Waals surface area contributed by atoms with Crippen LogP contribution in [-0.2, 0) is 17.7 Å². The summed E-state index contributed by atoms with van der Waals surface area (Å²) in [7, 11) is 0. The maximum atomic E-state index is 5.86. The highest BCUT2D eigenvalue weighted by molar-refractivity contribution is 5.31. The Kier molecular flexibility index (Phi) is 4.47. The molecule has 3 rings (SSSR count). The molecule has 6 heteroatoms. The van der Waals surface area contributed by atoms with Gasteiger partial charge in [0.05, 0.1) is 19.3 Å². The third kappa shape index (κ3) is 4.03. The van der Waals surface area contributed by atoms with Crippen LogP contribution in [0.5, 0.6) is 0 Å². The monoisotopic (exact) mass is 287 g/mol. The SMILES string of the molecule is Nc1cc(CC[C@H]2CN(Cc3ncc[nH]3)CCO2)ccn1. The van der Waals surface area contributed by atoms with Crippen molar-refractivity contribution in [2.24, 2.45) is 0 Å². The largest absolute Gasteiger partial charge is 0.384 e. The highest BCUT2D eigenvalue weighted by Gasteiger charge is 2.20. The lowest BCUT2D eigenvalue weighted by Crippen LogP contribution is -2.42. The molecule has 0 saturated carbocycles. The van der Waals surface area contributed by atoms with Gasteiger partial charge in [-0.05, 0) is 30.5 Å². The van der Waals surface area contributed by atoms with Gasteiger partial charge in [-0.2, -0.15) is 0 Å². The zero-order chi connectivity index (χ0) is 14.5. The summed E-state index contributed by atoms with van der Waals surface area (Å²) >= 11 is 0. The van der Waals surface area contributed by atoms with Crippen LogP contribution in [0.1, 0.15) is 17.8 Å². The summed E-state index contributed by atoms with van der Waals surface area (Å²) in [5.41, 5.74) is 6.92. The van der Waals surface area contributed by atoms with Gasteiger partial charge in [0, 0.05) is 31.7 Å². The molecule has 1 aliphatic heterocycles. The molecule has 1 saturated heterocycles. The van der Waals surface area contributed by atoms with Crippen molar-refractivity contribution >= 4 is 5.82 Å². The normalized spacial score (nSPS) is 19.7. The standard InChI is InChI=1S/C15H21N5O/c16-14-9-12(3-4-17-14)1-2-13-10-20(7-8-21-13)11-15-18-5-6-19-15/h3-6,9,13H,1-2,7-8,10-11H2,(H2,16,17)(H,18,19)/t13-/m0/s1. The van der Waals surface area contributed by atoms with Crippen molar-refractivity contribution in [3.05, 3.63) is 42.1 Å². The molecule has 1 aliphatic rings. The minimum atomic E-state index is 0.267. The summed E-state index contributed by atoms with van der Waals surface area (Å²) in [6.45, 7) is 3.54. The molecule has 0 unspecified atom stereocenters. The van der Waals surface area contributed by atoms with Crippen LogP contribution in [0.2, 0.25) is 0 Å². The van der Waals surface area contributed by atoms with Gasteiger partial charge < -0.3 is 15.5 Å². The first-order valence-corrected chi connectivity index (χ1v) is 7.32. The average molecular weight is 287 g/mol. The molecule has 2 aromatic heterocycles. The molecule has 0 bridgehead atoms. The summed E-state index contributed by atoms with van der Waals surface area (Å²) in [6.07, 6.45) is 7.64. The Balaban J connectivity index is 1.49. The second-order valence-corrected chi connectivity index (χ2v) is 5.39. The van der Waals surface area contributed by atoms with Crippen molar-refractivity contribution < 1.29 is 4.74 Å². The molecule has 0 amide bonds. The first-order chi connectivity index (χ1) is 10.3. The quantitative estimate of drug-likeness (QED) is 0.864. The first kappa shape index (κ1) is 14.0. The molecule has 2 aromatic rings. The second kappa shape index (κ2) is 6.69. The van der Waals surface area contributed by atoms with Crippen molar-refractivity contribution in [2.45, 2.75) is 25.5 Å². The number of aryl methyl sites for hydroxylation is 1. The lowest BCUT2D eigenvalue weighted by atomic mass is 10.1. The number of hydrogen-bond donors (Lipinski definition) is 2. The molecular formula is C15H21N5O. The maximum Gasteiger partial charge on any atom is 0.123 e. The van der Waals surface area contributed by atoms with Crippen LogP contribution >= 0.6 is 0 Å². The number of anilines is 1. The Morgan fingerprint density at radius 3 is 3.14 bits per heavy atom. The first-order valence-electron chi connectivity index (χ1n) is 7.32. The lowest BCUT2D eigenvalue weighted by molar-refractivity contribution is -0.0352. The molecule has 21 heavy (non-hydrogen) atoms. The number of aromatic nitrogens is 3. The van der Waals surface area contributed by atoms with E-state index < -0.39 is 0 Å². The van der Waals surface area contributed by atoms with E-state index in [9.17, 15) is 0 Å². The third-order valence-corrected chi connectivity index (χ3v) is 3.75. The van der Waals surface area contributed by atoms with E-state index in [1.165, 1.54) is 5.56 Å². The molecule has 0 spiro atoms. The zero-order valence-corrected chi connectivity index (χ0v) is 12.0. The van der Waals surface area contributed by atoms with Crippen LogP contribution in [0, 0.1) is 0 Å². The van der Waals surface area contributed by atoms with Crippen LogP contribution in [-0.4, -0.2) is 45.7 Å². The fraction of sp³-hybridized carbons (Fsp3) is 0.467. The topological polar surface area (TPSA) is 80.1 Å². The summed E-state index contributed by atoms with van der Waals surface area (Å²) < 4.78 is 5.86. The molecule has 6 nitrogen and oxygen atoms in total. The number of H-pyrrole nitrogens is 1. The van der Waals surface area contributed by atoms with Crippen molar-refractivity contribution in [3.8, 4) is 0 Å². The number of nitrogens with zero attached hydrogens (tertiary/aromatic N) is 3. The number of nitrogens with one attached hydrogen (secondary N) is 1. The number of ether oxygens (including phenoxy) is 1. The van der Waals surface area contributed by atoms with E-state index in [0.717, 1.165) is 44.9 Å². The van der Waals surface area contributed by atoms with Crippen LogP contribution in [0.4, 0.5) is 5.82 Å². The van der Waals surface area contributed by atoms with Gasteiger partial charge in [0.2, 0.25) is 0 Å². The highest BCUT2D eigenvalue weighted by Crippen LogP contribution is 2.14. The number of nitrogens with two attached hydrogens (primary N) is 1. The summed E-state index contributed by atoms with van der Waals surface area (Å²) in [6, 6.07) is 3.95. The van der Waals surface area contributed by atoms with E-state index in [2.05, 4.69) is 19.9 Å². The molecule has 3 heterocycles. The minimum absolute atomic E-state index is 0.267. The van der Waals surface area contributed by atoms with Gasteiger partial charge in [-0.15, -0.1) is 0 Å². The number of morpholine rings is 1. The van der Waals surface area contributed by atoms with Crippen molar-refractivity contribution in [2.75, 3.05) is 25.4 Å². The molecule has 1 atom stereocenters. The fourth-order valence-electron chi connectivity index (χ4n) is 2.67. The third-order valence-electron chi connectivity index (χ3n) is 3.75. The predicted molar refractivity (Wildman–Crippen MR) is 80.6 cm³/mol. The van der Waals surface area contributed by atoms with Gasteiger partial charge in [0.1, 0.15) is 11.6 Å². The number of hydrogen-bond acceptors (Lipinski definition) is 5. The molecule has 1 fully saturated rings. The van der Waals surface area contributed by atoms with Crippen LogP contribution in [0.15, 0.2) is 30.7 Å².